The van der Waals surface area contributed by atoms with Crippen LogP contribution in [0.3, 0.4) is 0 Å². The lowest BCUT2D eigenvalue weighted by atomic mass is 10.2. The van der Waals surface area contributed by atoms with Gasteiger partial charge in [0.05, 0.1) is 0 Å². The fraction of sp³-hybridized carbons (Fsp3) is 0.500. The normalized spacial score (nSPS) is 11.8. The molecule has 0 N–H and O–H groups in total. The van der Waals surface area contributed by atoms with Crippen molar-refractivity contribution < 1.29 is 0 Å². The molecule has 0 aliphatic carbocycles. The molecule has 0 radical (unpaired) electrons. The van der Waals surface area contributed by atoms with Gasteiger partial charge in [0.25, 0.3) is 0 Å². The van der Waals surface area contributed by atoms with Crippen LogP contribution in [0.1, 0.15) is 19.4 Å². The van der Waals surface area contributed by atoms with E-state index in [-0.39, 0.29) is 0 Å². The van der Waals surface area contributed by atoms with Crippen LogP contribution in [0, 0.1) is 0 Å². The monoisotopic (exact) mass is 246 g/mol. The van der Waals surface area contributed by atoms with E-state index in [2.05, 4.69) is 67.1 Å². The molecular weight excluding hydrogens is 220 g/mol. The smallest absolute Gasteiger partial charge is 0.0163 e. The Bertz CT molecular complexity index is 328. The Kier molecular flexibility index (Phi) is 7.38. The first-order valence-electron chi connectivity index (χ1n) is 6.88. The van der Waals surface area contributed by atoms with Gasteiger partial charge >= 0.3 is 0 Å². The highest BCUT2D eigenvalue weighted by Crippen LogP contribution is 2.01. The zero-order valence-electron chi connectivity index (χ0n) is 12.0. The molecular formula is C16H26N2. The number of benzene rings is 1. The molecule has 0 saturated heterocycles. The molecule has 0 bridgehead atoms. The summed E-state index contributed by atoms with van der Waals surface area (Å²) in [6, 6.07) is 10.5. The van der Waals surface area contributed by atoms with Crippen LogP contribution in [0.25, 0.3) is 6.08 Å². The second kappa shape index (κ2) is 8.90. The molecule has 0 aromatic heterocycles. The Morgan fingerprint density at radius 3 is 2.28 bits per heavy atom. The van der Waals surface area contributed by atoms with E-state index in [1.165, 1.54) is 5.56 Å². The first-order chi connectivity index (χ1) is 8.76. The van der Waals surface area contributed by atoms with Crippen molar-refractivity contribution >= 4 is 6.08 Å². The van der Waals surface area contributed by atoms with Crippen molar-refractivity contribution in [2.24, 2.45) is 0 Å². The van der Waals surface area contributed by atoms with Crippen LogP contribution in [-0.2, 0) is 0 Å². The Labute approximate surface area is 112 Å². The molecule has 1 aromatic carbocycles. The van der Waals surface area contributed by atoms with Gasteiger partial charge in [-0.2, -0.15) is 0 Å². The van der Waals surface area contributed by atoms with Gasteiger partial charge in [-0.3, -0.25) is 0 Å². The molecule has 0 fully saturated rings. The molecule has 0 spiro atoms. The predicted octanol–water partition coefficient (Wildman–Crippen LogP) is 2.97. The van der Waals surface area contributed by atoms with Crippen molar-refractivity contribution in [2.45, 2.75) is 13.8 Å². The van der Waals surface area contributed by atoms with Gasteiger partial charge in [0.15, 0.2) is 0 Å². The first kappa shape index (κ1) is 14.9. The molecule has 0 aliphatic rings. The van der Waals surface area contributed by atoms with Crippen LogP contribution in [0.2, 0.25) is 0 Å². The molecule has 0 unspecified atom stereocenters. The third-order valence-electron chi connectivity index (χ3n) is 3.22. The third-order valence-corrected chi connectivity index (χ3v) is 3.22. The molecule has 2 heteroatoms. The zero-order chi connectivity index (χ0) is 13.2. The quantitative estimate of drug-likeness (QED) is 0.696. The van der Waals surface area contributed by atoms with Crippen LogP contribution in [0.5, 0.6) is 0 Å². The Hall–Kier alpha value is -1.12. The minimum Gasteiger partial charge on any atom is -0.303 e. The summed E-state index contributed by atoms with van der Waals surface area (Å²) in [6.45, 7) is 10.0. The Morgan fingerprint density at radius 1 is 1.00 bits per heavy atom. The second-order valence-corrected chi connectivity index (χ2v) is 4.60. The predicted molar refractivity (Wildman–Crippen MR) is 80.8 cm³/mol. The van der Waals surface area contributed by atoms with Crippen molar-refractivity contribution in [1.82, 2.24) is 9.80 Å². The van der Waals surface area contributed by atoms with E-state index < -0.39 is 0 Å². The van der Waals surface area contributed by atoms with Crippen molar-refractivity contribution in [3.05, 3.63) is 42.0 Å². The van der Waals surface area contributed by atoms with E-state index in [0.717, 1.165) is 32.7 Å². The lowest BCUT2D eigenvalue weighted by Gasteiger charge is -2.22. The first-order valence-corrected chi connectivity index (χ1v) is 6.88. The van der Waals surface area contributed by atoms with E-state index in [9.17, 15) is 0 Å². The van der Waals surface area contributed by atoms with Crippen LogP contribution in [0.15, 0.2) is 36.4 Å². The Morgan fingerprint density at radius 2 is 1.67 bits per heavy atom. The van der Waals surface area contributed by atoms with Crippen LogP contribution < -0.4 is 0 Å². The number of nitrogens with zero attached hydrogens (tertiary/aromatic N) is 2. The molecule has 1 aromatic rings. The fourth-order valence-corrected chi connectivity index (χ4v) is 1.88. The highest BCUT2D eigenvalue weighted by atomic mass is 15.2. The van der Waals surface area contributed by atoms with Gasteiger partial charge in [0.2, 0.25) is 0 Å². The molecule has 0 atom stereocenters. The molecule has 18 heavy (non-hydrogen) atoms. The summed E-state index contributed by atoms with van der Waals surface area (Å²) >= 11 is 0. The summed E-state index contributed by atoms with van der Waals surface area (Å²) in [4.78, 5) is 4.81. The molecule has 0 saturated carbocycles. The SMILES string of the molecule is CCN(CC)CCN(C)CC=Cc1ccccc1. The van der Waals surface area contributed by atoms with Crippen LogP contribution in [0.4, 0.5) is 0 Å². The van der Waals surface area contributed by atoms with E-state index in [1.807, 2.05) is 6.07 Å². The zero-order valence-corrected chi connectivity index (χ0v) is 12.0. The van der Waals surface area contributed by atoms with E-state index in [4.69, 9.17) is 0 Å². The number of likely N-dealkylation sites (N-methyl/N-ethyl adjacent to an activating group) is 2. The van der Waals surface area contributed by atoms with Gasteiger partial charge in [-0.25, -0.2) is 0 Å². The van der Waals surface area contributed by atoms with E-state index >= 15 is 0 Å². The van der Waals surface area contributed by atoms with Crippen molar-refractivity contribution in [1.29, 1.82) is 0 Å². The summed E-state index contributed by atoms with van der Waals surface area (Å²) in [6.07, 6.45) is 4.42. The number of rotatable bonds is 8. The number of hydrogen-bond acceptors (Lipinski definition) is 2. The molecule has 0 heterocycles. The highest BCUT2D eigenvalue weighted by molar-refractivity contribution is 5.48. The van der Waals surface area contributed by atoms with Gasteiger partial charge in [0.1, 0.15) is 0 Å². The average Bonchev–Trinajstić information content (AvgIpc) is 2.41. The van der Waals surface area contributed by atoms with Gasteiger partial charge in [-0.15, -0.1) is 0 Å². The molecule has 100 valence electrons. The van der Waals surface area contributed by atoms with Gasteiger partial charge in [-0.1, -0.05) is 56.3 Å². The topological polar surface area (TPSA) is 6.48 Å². The van der Waals surface area contributed by atoms with Crippen LogP contribution in [-0.4, -0.2) is 49.6 Å². The number of hydrogen-bond donors (Lipinski definition) is 0. The van der Waals surface area contributed by atoms with Crippen molar-refractivity contribution in [2.75, 3.05) is 39.8 Å². The minimum atomic E-state index is 1.01. The van der Waals surface area contributed by atoms with Gasteiger partial charge in [-0.05, 0) is 25.7 Å². The lowest BCUT2D eigenvalue weighted by molar-refractivity contribution is 0.252. The maximum atomic E-state index is 2.46. The lowest BCUT2D eigenvalue weighted by Crippen LogP contribution is -2.33. The average molecular weight is 246 g/mol. The fourth-order valence-electron chi connectivity index (χ4n) is 1.88. The minimum absolute atomic E-state index is 1.01. The summed E-state index contributed by atoms with van der Waals surface area (Å²) in [5.74, 6) is 0. The van der Waals surface area contributed by atoms with Crippen molar-refractivity contribution in [3.63, 3.8) is 0 Å². The molecule has 0 aliphatic heterocycles. The van der Waals surface area contributed by atoms with E-state index in [0.29, 0.717) is 0 Å². The summed E-state index contributed by atoms with van der Waals surface area (Å²) in [5, 5.41) is 0. The Balaban J connectivity index is 2.24. The maximum Gasteiger partial charge on any atom is 0.0163 e. The van der Waals surface area contributed by atoms with E-state index in [1.54, 1.807) is 0 Å². The maximum absolute atomic E-state index is 2.46. The largest absolute Gasteiger partial charge is 0.303 e. The third kappa shape index (κ3) is 5.99. The summed E-state index contributed by atoms with van der Waals surface area (Å²) in [7, 11) is 2.18. The van der Waals surface area contributed by atoms with Crippen LogP contribution >= 0.6 is 0 Å². The summed E-state index contributed by atoms with van der Waals surface area (Å²) in [5.41, 5.74) is 1.27. The van der Waals surface area contributed by atoms with Gasteiger partial charge < -0.3 is 9.80 Å². The summed E-state index contributed by atoms with van der Waals surface area (Å²) < 4.78 is 0. The van der Waals surface area contributed by atoms with Gasteiger partial charge in [0, 0.05) is 19.6 Å². The molecule has 0 amide bonds. The second-order valence-electron chi connectivity index (χ2n) is 4.60. The standard InChI is InChI=1S/C16H26N2/c1-4-18(5-2)15-14-17(3)13-9-12-16-10-7-6-8-11-16/h6-12H,4-5,13-15H2,1-3H3. The highest BCUT2D eigenvalue weighted by Gasteiger charge is 2.00. The van der Waals surface area contributed by atoms with Crippen molar-refractivity contribution in [3.8, 4) is 0 Å². The molecule has 2 nitrogen and oxygen atoms in total. The molecule has 1 rings (SSSR count).